The third kappa shape index (κ3) is 6.16. The van der Waals surface area contributed by atoms with Crippen molar-refractivity contribution in [3.05, 3.63) is 114 Å². The smallest absolute Gasteiger partial charge is 0.336 e. The van der Waals surface area contributed by atoms with E-state index in [9.17, 15) is 19.8 Å². The second-order valence-corrected chi connectivity index (χ2v) is 9.49. The minimum Gasteiger partial charge on any atom is -0.508 e. The number of fused-ring (bicyclic) bond motifs is 1. The Morgan fingerprint density at radius 1 is 0.975 bits per heavy atom. The Hall–Kier alpha value is -5.02. The molecule has 1 atom stereocenters. The summed E-state index contributed by atoms with van der Waals surface area (Å²) in [5, 5.41) is 27.1. The number of ether oxygens (including phenoxy) is 1. The van der Waals surface area contributed by atoms with Crippen molar-refractivity contribution < 1.29 is 24.5 Å². The van der Waals surface area contributed by atoms with Crippen LogP contribution in [-0.4, -0.2) is 56.6 Å². The molecule has 9 heteroatoms. The van der Waals surface area contributed by atoms with Gasteiger partial charge in [-0.15, -0.1) is 0 Å². The number of pyridine rings is 1. The number of carbonyl (C=O) groups excluding carboxylic acids is 1. The van der Waals surface area contributed by atoms with Crippen LogP contribution in [0.5, 0.6) is 5.75 Å². The van der Waals surface area contributed by atoms with Crippen LogP contribution in [0.1, 0.15) is 32.0 Å². The van der Waals surface area contributed by atoms with E-state index >= 15 is 0 Å². The van der Waals surface area contributed by atoms with E-state index in [0.717, 1.165) is 22.3 Å². The predicted octanol–water partition coefficient (Wildman–Crippen LogP) is 4.54. The Labute approximate surface area is 230 Å². The van der Waals surface area contributed by atoms with Gasteiger partial charge in [0.15, 0.2) is 0 Å². The third-order valence-electron chi connectivity index (χ3n) is 6.56. The SMILES string of the molecule is COC[C@H](Cc1ccc(O)cc1)NC(=O)c1cc(C(=O)O)c2cc(-c3cccc(Cn4cccn4)c3)ccc2n1. The van der Waals surface area contributed by atoms with Crippen LogP contribution in [0.25, 0.3) is 22.0 Å². The number of nitrogens with zero attached hydrogens (tertiary/aromatic N) is 3. The van der Waals surface area contributed by atoms with Gasteiger partial charge in [-0.1, -0.05) is 36.4 Å². The number of carbonyl (C=O) groups is 2. The summed E-state index contributed by atoms with van der Waals surface area (Å²) in [7, 11) is 1.54. The Bertz CT molecular complexity index is 1650. The van der Waals surface area contributed by atoms with Crippen LogP contribution in [0.2, 0.25) is 0 Å². The van der Waals surface area contributed by atoms with Crippen molar-refractivity contribution in [3.63, 3.8) is 0 Å². The molecular formula is C31H28N4O5. The highest BCUT2D eigenvalue weighted by Crippen LogP contribution is 2.27. The summed E-state index contributed by atoms with van der Waals surface area (Å²) in [6, 6.07) is 22.9. The van der Waals surface area contributed by atoms with E-state index in [4.69, 9.17) is 4.74 Å². The molecule has 3 N–H and O–H groups in total. The molecule has 0 aliphatic heterocycles. The number of hydrogen-bond donors (Lipinski definition) is 3. The van der Waals surface area contributed by atoms with Crippen LogP contribution in [0, 0.1) is 0 Å². The summed E-state index contributed by atoms with van der Waals surface area (Å²) in [5.74, 6) is -1.49. The lowest BCUT2D eigenvalue weighted by atomic mass is 9.98. The second-order valence-electron chi connectivity index (χ2n) is 9.49. The third-order valence-corrected chi connectivity index (χ3v) is 6.56. The fourth-order valence-corrected chi connectivity index (χ4v) is 4.66. The van der Waals surface area contributed by atoms with Crippen molar-refractivity contribution in [1.29, 1.82) is 0 Å². The zero-order valence-electron chi connectivity index (χ0n) is 21.8. The lowest BCUT2D eigenvalue weighted by Gasteiger charge is -2.18. The molecule has 9 nitrogen and oxygen atoms in total. The lowest BCUT2D eigenvalue weighted by molar-refractivity contribution is 0.0699. The van der Waals surface area contributed by atoms with Crippen LogP contribution in [0.15, 0.2) is 91.3 Å². The van der Waals surface area contributed by atoms with Crippen molar-refractivity contribution in [1.82, 2.24) is 20.1 Å². The highest BCUT2D eigenvalue weighted by molar-refractivity contribution is 6.06. The van der Waals surface area contributed by atoms with Gasteiger partial charge in [-0.2, -0.15) is 5.10 Å². The average molecular weight is 537 g/mol. The van der Waals surface area contributed by atoms with Crippen molar-refractivity contribution in [3.8, 4) is 16.9 Å². The van der Waals surface area contributed by atoms with Gasteiger partial charge in [0.25, 0.3) is 5.91 Å². The fourth-order valence-electron chi connectivity index (χ4n) is 4.66. The number of methoxy groups -OCH3 is 1. The maximum absolute atomic E-state index is 13.2. The zero-order valence-corrected chi connectivity index (χ0v) is 21.8. The van der Waals surface area contributed by atoms with E-state index in [0.29, 0.717) is 23.9 Å². The minimum absolute atomic E-state index is 0.00526. The van der Waals surface area contributed by atoms with Gasteiger partial charge >= 0.3 is 5.97 Å². The molecule has 5 rings (SSSR count). The summed E-state index contributed by atoms with van der Waals surface area (Å²) in [6.45, 7) is 0.862. The maximum Gasteiger partial charge on any atom is 0.336 e. The molecule has 0 aliphatic carbocycles. The molecule has 0 saturated heterocycles. The van der Waals surface area contributed by atoms with E-state index in [1.807, 2.05) is 47.3 Å². The first-order valence-corrected chi connectivity index (χ1v) is 12.7. The Morgan fingerprint density at radius 2 is 1.77 bits per heavy atom. The second kappa shape index (κ2) is 11.8. The lowest BCUT2D eigenvalue weighted by Crippen LogP contribution is -2.40. The summed E-state index contributed by atoms with van der Waals surface area (Å²) >= 11 is 0. The Kier molecular flexibility index (Phi) is 7.84. The van der Waals surface area contributed by atoms with E-state index in [2.05, 4.69) is 15.4 Å². The Balaban J connectivity index is 1.42. The molecule has 0 radical (unpaired) electrons. The van der Waals surface area contributed by atoms with Crippen molar-refractivity contribution >= 4 is 22.8 Å². The highest BCUT2D eigenvalue weighted by atomic mass is 16.5. The average Bonchev–Trinajstić information content (AvgIpc) is 3.46. The molecule has 0 unspecified atom stereocenters. The first-order valence-electron chi connectivity index (χ1n) is 12.7. The molecule has 0 spiro atoms. The zero-order chi connectivity index (χ0) is 28.1. The van der Waals surface area contributed by atoms with Gasteiger partial charge in [0.1, 0.15) is 11.4 Å². The van der Waals surface area contributed by atoms with Gasteiger partial charge in [0, 0.05) is 24.9 Å². The number of carboxylic acids is 1. The van der Waals surface area contributed by atoms with E-state index in [1.165, 1.54) is 13.2 Å². The molecule has 5 aromatic rings. The van der Waals surface area contributed by atoms with E-state index in [1.54, 1.807) is 42.6 Å². The largest absolute Gasteiger partial charge is 0.508 e. The first-order chi connectivity index (χ1) is 19.4. The van der Waals surface area contributed by atoms with Crippen LogP contribution in [0.3, 0.4) is 0 Å². The quantitative estimate of drug-likeness (QED) is 0.239. The molecule has 3 aromatic carbocycles. The highest BCUT2D eigenvalue weighted by Gasteiger charge is 2.20. The van der Waals surface area contributed by atoms with Gasteiger partial charge in [-0.05, 0) is 71.1 Å². The topological polar surface area (TPSA) is 127 Å². The molecule has 40 heavy (non-hydrogen) atoms. The van der Waals surface area contributed by atoms with E-state index < -0.39 is 11.9 Å². The molecule has 0 saturated carbocycles. The number of phenols is 1. The standard InChI is InChI=1S/C31H28N4O5/c1-40-19-24(15-20-6-9-25(36)10-7-20)33-30(37)29-17-27(31(38)39)26-16-23(8-11-28(26)34-29)22-5-2-4-21(14-22)18-35-13-3-12-32-35/h2-14,16-17,24,36H,15,18-19H2,1H3,(H,33,37)(H,38,39)/t24-/m0/s1. The van der Waals surface area contributed by atoms with Gasteiger partial charge in [0.2, 0.25) is 0 Å². The van der Waals surface area contributed by atoms with Crippen LogP contribution < -0.4 is 5.32 Å². The summed E-state index contributed by atoms with van der Waals surface area (Å²) < 4.78 is 7.11. The van der Waals surface area contributed by atoms with Crippen LogP contribution in [-0.2, 0) is 17.7 Å². The maximum atomic E-state index is 13.2. The van der Waals surface area contributed by atoms with Crippen molar-refractivity contribution in [2.45, 2.75) is 19.0 Å². The molecule has 1 amide bonds. The number of aromatic nitrogens is 3. The van der Waals surface area contributed by atoms with E-state index in [-0.39, 0.29) is 29.7 Å². The summed E-state index contributed by atoms with van der Waals surface area (Å²) in [6.07, 6.45) is 4.09. The molecular weight excluding hydrogens is 508 g/mol. The number of rotatable bonds is 10. The number of phenolic OH excluding ortho intramolecular Hbond substituents is 1. The number of aromatic hydroxyl groups is 1. The predicted molar refractivity (Wildman–Crippen MR) is 150 cm³/mol. The number of nitrogens with one attached hydrogen (secondary N) is 1. The number of benzene rings is 3. The molecule has 0 bridgehead atoms. The summed E-state index contributed by atoms with van der Waals surface area (Å²) in [4.78, 5) is 29.9. The Morgan fingerprint density at radius 3 is 2.50 bits per heavy atom. The molecule has 2 aromatic heterocycles. The number of aromatic carboxylic acids is 1. The molecule has 202 valence electrons. The van der Waals surface area contributed by atoms with Gasteiger partial charge in [0.05, 0.1) is 30.3 Å². The van der Waals surface area contributed by atoms with Crippen LogP contribution in [0.4, 0.5) is 0 Å². The molecule has 2 heterocycles. The minimum atomic E-state index is -1.15. The van der Waals surface area contributed by atoms with Crippen molar-refractivity contribution in [2.24, 2.45) is 0 Å². The van der Waals surface area contributed by atoms with Gasteiger partial charge < -0.3 is 20.3 Å². The van der Waals surface area contributed by atoms with Gasteiger partial charge in [-0.3, -0.25) is 9.48 Å². The van der Waals surface area contributed by atoms with Crippen molar-refractivity contribution in [2.75, 3.05) is 13.7 Å². The first kappa shape index (κ1) is 26.6. The normalized spacial score (nSPS) is 11.8. The summed E-state index contributed by atoms with van der Waals surface area (Å²) in [5.41, 5.74) is 4.13. The number of amides is 1. The fraction of sp³-hybridized carbons (Fsp3) is 0.161. The molecule has 0 aliphatic rings. The number of hydrogen-bond acceptors (Lipinski definition) is 6. The number of carboxylic acid groups (broad SMARTS) is 1. The monoisotopic (exact) mass is 536 g/mol. The van der Waals surface area contributed by atoms with Gasteiger partial charge in [-0.25, -0.2) is 9.78 Å². The van der Waals surface area contributed by atoms with Crippen LogP contribution >= 0.6 is 0 Å². The molecule has 0 fully saturated rings.